The van der Waals surface area contributed by atoms with E-state index in [2.05, 4.69) is 15.6 Å². The van der Waals surface area contributed by atoms with Crippen LogP contribution in [0.3, 0.4) is 0 Å². The lowest BCUT2D eigenvalue weighted by Gasteiger charge is -2.25. The quantitative estimate of drug-likeness (QED) is 0.398. The summed E-state index contributed by atoms with van der Waals surface area (Å²) in [7, 11) is 3.46. The molecule has 0 radical (unpaired) electrons. The number of hydrogen-bond acceptors (Lipinski definition) is 3. The predicted molar refractivity (Wildman–Crippen MR) is 110 cm³/mol. The molecule has 0 aliphatic heterocycles. The fraction of sp³-hybridized carbons (Fsp3) is 0.611. The minimum atomic E-state index is 0. The van der Waals surface area contributed by atoms with Crippen LogP contribution in [0.4, 0.5) is 0 Å². The monoisotopic (exact) mass is 447 g/mol. The Morgan fingerprint density at radius 3 is 2.50 bits per heavy atom. The van der Waals surface area contributed by atoms with E-state index in [1.807, 2.05) is 38.2 Å². The van der Waals surface area contributed by atoms with Gasteiger partial charge < -0.3 is 20.1 Å². The highest BCUT2D eigenvalue weighted by Crippen LogP contribution is 2.26. The fourth-order valence-corrected chi connectivity index (χ4v) is 2.85. The number of nitrogens with zero attached hydrogens (tertiary/aromatic N) is 1. The zero-order valence-electron chi connectivity index (χ0n) is 14.9. The minimum Gasteiger partial charge on any atom is -0.493 e. The molecule has 1 fully saturated rings. The highest BCUT2D eigenvalue weighted by molar-refractivity contribution is 14.0. The molecule has 1 aromatic rings. The van der Waals surface area contributed by atoms with Crippen molar-refractivity contribution in [1.82, 2.24) is 10.6 Å². The van der Waals surface area contributed by atoms with Crippen LogP contribution in [0.25, 0.3) is 0 Å². The number of hydrogen-bond donors (Lipinski definition) is 2. The van der Waals surface area contributed by atoms with Crippen molar-refractivity contribution >= 4 is 29.9 Å². The van der Waals surface area contributed by atoms with E-state index in [0.29, 0.717) is 12.6 Å². The normalized spacial score (nSPS) is 16.7. The van der Waals surface area contributed by atoms with Gasteiger partial charge in [-0.25, -0.2) is 0 Å². The summed E-state index contributed by atoms with van der Waals surface area (Å²) in [5.41, 5.74) is 0. The van der Waals surface area contributed by atoms with Crippen LogP contribution < -0.4 is 20.1 Å². The summed E-state index contributed by atoms with van der Waals surface area (Å²) in [4.78, 5) is 4.31. The average molecular weight is 447 g/mol. The van der Waals surface area contributed by atoms with Crippen molar-refractivity contribution in [2.24, 2.45) is 4.99 Å². The SMILES string of the molecule is CN=C(NCC(C)Oc1ccccc1OC)NC1CCCCC1.I. The van der Waals surface area contributed by atoms with Crippen molar-refractivity contribution in [3.05, 3.63) is 24.3 Å². The third kappa shape index (κ3) is 6.75. The van der Waals surface area contributed by atoms with Crippen LogP contribution in [0, 0.1) is 0 Å². The Morgan fingerprint density at radius 1 is 1.21 bits per heavy atom. The number of aliphatic imine (C=N–C) groups is 1. The molecule has 24 heavy (non-hydrogen) atoms. The molecule has 1 aromatic carbocycles. The number of rotatable bonds is 6. The van der Waals surface area contributed by atoms with Gasteiger partial charge in [0.2, 0.25) is 0 Å². The number of halogens is 1. The van der Waals surface area contributed by atoms with Crippen LogP contribution in [-0.4, -0.2) is 38.8 Å². The first-order valence-corrected chi connectivity index (χ1v) is 8.49. The molecule has 2 rings (SSSR count). The molecule has 0 spiro atoms. The smallest absolute Gasteiger partial charge is 0.191 e. The van der Waals surface area contributed by atoms with Gasteiger partial charge >= 0.3 is 0 Å². The predicted octanol–water partition coefficient (Wildman–Crippen LogP) is 3.58. The van der Waals surface area contributed by atoms with E-state index < -0.39 is 0 Å². The van der Waals surface area contributed by atoms with Gasteiger partial charge in [-0.2, -0.15) is 0 Å². The van der Waals surface area contributed by atoms with Gasteiger partial charge in [-0.05, 0) is 31.9 Å². The number of guanidine groups is 1. The van der Waals surface area contributed by atoms with E-state index in [9.17, 15) is 0 Å². The minimum absolute atomic E-state index is 0. The highest BCUT2D eigenvalue weighted by Gasteiger charge is 2.15. The lowest BCUT2D eigenvalue weighted by molar-refractivity contribution is 0.213. The molecular weight excluding hydrogens is 417 g/mol. The van der Waals surface area contributed by atoms with Crippen LogP contribution in [-0.2, 0) is 0 Å². The molecule has 1 saturated carbocycles. The third-order valence-electron chi connectivity index (χ3n) is 4.12. The van der Waals surface area contributed by atoms with E-state index in [-0.39, 0.29) is 30.1 Å². The van der Waals surface area contributed by atoms with Gasteiger partial charge in [0.15, 0.2) is 17.5 Å². The number of nitrogens with one attached hydrogen (secondary N) is 2. The molecule has 1 atom stereocenters. The standard InChI is InChI=1S/C18H29N3O2.HI/c1-14(23-17-12-8-7-11-16(17)22-3)13-20-18(19-2)21-15-9-5-4-6-10-15;/h7-8,11-12,14-15H,4-6,9-10,13H2,1-3H3,(H2,19,20,21);1H. The Balaban J connectivity index is 0.00000288. The summed E-state index contributed by atoms with van der Waals surface area (Å²) in [6.07, 6.45) is 6.44. The summed E-state index contributed by atoms with van der Waals surface area (Å²) in [6.45, 7) is 2.72. The molecule has 1 aliphatic rings. The largest absolute Gasteiger partial charge is 0.493 e. The summed E-state index contributed by atoms with van der Waals surface area (Å²) in [6, 6.07) is 8.25. The molecule has 1 unspecified atom stereocenters. The molecule has 136 valence electrons. The summed E-state index contributed by atoms with van der Waals surface area (Å²) in [5, 5.41) is 6.85. The Hall–Kier alpha value is -1.18. The van der Waals surface area contributed by atoms with E-state index in [4.69, 9.17) is 9.47 Å². The summed E-state index contributed by atoms with van der Waals surface area (Å²) in [5.74, 6) is 2.37. The number of para-hydroxylation sites is 2. The lowest BCUT2D eigenvalue weighted by Crippen LogP contribution is -2.46. The first kappa shape index (κ1) is 20.9. The van der Waals surface area contributed by atoms with E-state index in [1.165, 1.54) is 32.1 Å². The molecule has 1 aliphatic carbocycles. The third-order valence-corrected chi connectivity index (χ3v) is 4.12. The summed E-state index contributed by atoms with van der Waals surface area (Å²) < 4.78 is 11.3. The van der Waals surface area contributed by atoms with Crippen molar-refractivity contribution in [3.8, 4) is 11.5 Å². The first-order valence-electron chi connectivity index (χ1n) is 8.49. The number of benzene rings is 1. The van der Waals surface area contributed by atoms with E-state index in [1.54, 1.807) is 7.11 Å². The average Bonchev–Trinajstić information content (AvgIpc) is 2.60. The second-order valence-electron chi connectivity index (χ2n) is 6.01. The van der Waals surface area contributed by atoms with Gasteiger partial charge in [-0.1, -0.05) is 31.4 Å². The zero-order valence-corrected chi connectivity index (χ0v) is 17.2. The maximum absolute atomic E-state index is 5.95. The van der Waals surface area contributed by atoms with Gasteiger partial charge in [-0.3, -0.25) is 4.99 Å². The summed E-state index contributed by atoms with van der Waals surface area (Å²) >= 11 is 0. The van der Waals surface area contributed by atoms with E-state index >= 15 is 0 Å². The molecule has 0 amide bonds. The van der Waals surface area contributed by atoms with Crippen LogP contribution in [0.2, 0.25) is 0 Å². The molecule has 0 bridgehead atoms. The van der Waals surface area contributed by atoms with Crippen molar-refractivity contribution in [2.45, 2.75) is 51.2 Å². The van der Waals surface area contributed by atoms with Crippen LogP contribution >= 0.6 is 24.0 Å². The Kier molecular flexibility index (Phi) is 9.90. The van der Waals surface area contributed by atoms with Crippen LogP contribution in [0.15, 0.2) is 29.3 Å². The Morgan fingerprint density at radius 2 is 1.88 bits per heavy atom. The first-order chi connectivity index (χ1) is 11.2. The molecule has 5 nitrogen and oxygen atoms in total. The number of methoxy groups -OCH3 is 1. The van der Waals surface area contributed by atoms with Crippen molar-refractivity contribution < 1.29 is 9.47 Å². The fourth-order valence-electron chi connectivity index (χ4n) is 2.85. The van der Waals surface area contributed by atoms with Crippen LogP contribution in [0.5, 0.6) is 11.5 Å². The topological polar surface area (TPSA) is 54.9 Å². The van der Waals surface area contributed by atoms with Crippen LogP contribution in [0.1, 0.15) is 39.0 Å². The van der Waals surface area contributed by atoms with Gasteiger partial charge in [-0.15, -0.1) is 24.0 Å². The molecule has 0 heterocycles. The maximum Gasteiger partial charge on any atom is 0.191 e. The van der Waals surface area contributed by atoms with Crippen molar-refractivity contribution in [2.75, 3.05) is 20.7 Å². The maximum atomic E-state index is 5.95. The van der Waals surface area contributed by atoms with Gasteiger partial charge in [0, 0.05) is 13.1 Å². The molecule has 2 N–H and O–H groups in total. The lowest BCUT2D eigenvalue weighted by atomic mass is 9.96. The number of ether oxygens (including phenoxy) is 2. The highest BCUT2D eigenvalue weighted by atomic mass is 127. The Labute approximate surface area is 162 Å². The second kappa shape index (κ2) is 11.4. The molecule has 6 heteroatoms. The second-order valence-corrected chi connectivity index (χ2v) is 6.01. The molecule has 0 aromatic heterocycles. The zero-order chi connectivity index (χ0) is 16.5. The Bertz CT molecular complexity index is 505. The molecule has 0 saturated heterocycles. The molecular formula is C18H30IN3O2. The van der Waals surface area contributed by atoms with E-state index in [0.717, 1.165) is 17.5 Å². The van der Waals surface area contributed by atoms with Crippen molar-refractivity contribution in [3.63, 3.8) is 0 Å². The van der Waals surface area contributed by atoms with Gasteiger partial charge in [0.25, 0.3) is 0 Å². The van der Waals surface area contributed by atoms with Gasteiger partial charge in [0.05, 0.1) is 13.7 Å². The van der Waals surface area contributed by atoms with Crippen molar-refractivity contribution in [1.29, 1.82) is 0 Å². The van der Waals surface area contributed by atoms with Gasteiger partial charge in [0.1, 0.15) is 6.10 Å².